The van der Waals surface area contributed by atoms with Crippen molar-refractivity contribution in [3.05, 3.63) is 40.1 Å². The van der Waals surface area contributed by atoms with E-state index in [2.05, 4.69) is 63.7 Å². The number of hydrogen-bond acceptors (Lipinski definition) is 2. The minimum Gasteiger partial charge on any atom is -0.448 e. The van der Waals surface area contributed by atoms with Crippen LogP contribution in [0.5, 0.6) is 23.0 Å². The quantitative estimate of drug-likeness (QED) is 0.203. The first kappa shape index (κ1) is 15.4. The first-order chi connectivity index (χ1) is 9.40. The second-order valence-electron chi connectivity index (χ2n) is 3.83. The van der Waals surface area contributed by atoms with Gasteiger partial charge in [0.05, 0.1) is 18.4 Å². The second-order valence-corrected chi connectivity index (χ2v) is 7.95. The Bertz CT molecular complexity index is 749. The molecule has 0 radical (unpaired) electrons. The summed E-state index contributed by atoms with van der Waals surface area (Å²) in [4.78, 5) is 0. The van der Waals surface area contributed by atoms with Crippen LogP contribution >= 0.6 is 86.9 Å². The average Bonchev–Trinajstić information content (AvgIpc) is 2.41. The van der Waals surface area contributed by atoms with E-state index in [1.54, 1.807) is 6.07 Å². The van der Waals surface area contributed by atoms with Crippen LogP contribution in [0.2, 0.25) is 10.0 Å². The summed E-state index contributed by atoms with van der Waals surface area (Å²) in [7, 11) is 0. The zero-order valence-electron chi connectivity index (χ0n) is 9.24. The second kappa shape index (κ2) is 5.63. The van der Waals surface area contributed by atoms with Crippen LogP contribution in [0.4, 0.5) is 0 Å². The Balaban J connectivity index is 2.26. The Labute approximate surface area is 158 Å². The molecule has 0 atom stereocenters. The van der Waals surface area contributed by atoms with Crippen LogP contribution in [0.15, 0.2) is 30.0 Å². The summed E-state index contributed by atoms with van der Waals surface area (Å²) >= 11 is 26.0. The van der Waals surface area contributed by atoms with Gasteiger partial charge in [0.2, 0.25) is 0 Å². The SMILES string of the molecule is Clc1c(Br)c(Cl)c2c(c1Br)Oc1c(Br)cc(Br)cc1O2. The molecular weight excluding hydrogens is 567 g/mol. The lowest BCUT2D eigenvalue weighted by molar-refractivity contribution is 0.355. The van der Waals surface area contributed by atoms with Crippen molar-refractivity contribution in [2.24, 2.45) is 0 Å². The van der Waals surface area contributed by atoms with Gasteiger partial charge in [-0.05, 0) is 59.9 Å². The standard InChI is InChI=1S/C12H2Br4Cl2O2/c13-3-1-4(14)10-5(2-3)19-12-9(18)6(15)8(17)7(16)11(12)20-10/h1-2H. The number of fused-ring (bicyclic) bond motifs is 2. The van der Waals surface area contributed by atoms with Crippen molar-refractivity contribution in [3.63, 3.8) is 0 Å². The molecule has 1 aliphatic heterocycles. The molecule has 8 heteroatoms. The first-order valence-electron chi connectivity index (χ1n) is 5.11. The van der Waals surface area contributed by atoms with Gasteiger partial charge < -0.3 is 9.47 Å². The lowest BCUT2D eigenvalue weighted by Crippen LogP contribution is -2.02. The summed E-state index contributed by atoms with van der Waals surface area (Å²) in [6, 6.07) is 3.67. The predicted octanol–water partition coefficient (Wildman–Crippen LogP) is 7.94. The van der Waals surface area contributed by atoms with Gasteiger partial charge in [-0.15, -0.1) is 0 Å². The first-order valence-corrected chi connectivity index (χ1v) is 9.03. The molecule has 0 spiro atoms. The van der Waals surface area contributed by atoms with Gasteiger partial charge in [0, 0.05) is 4.47 Å². The molecule has 0 saturated heterocycles. The van der Waals surface area contributed by atoms with E-state index >= 15 is 0 Å². The fraction of sp³-hybridized carbons (Fsp3) is 0. The molecule has 0 fully saturated rings. The van der Waals surface area contributed by atoms with E-state index in [9.17, 15) is 0 Å². The fourth-order valence-electron chi connectivity index (χ4n) is 1.70. The van der Waals surface area contributed by atoms with Crippen molar-refractivity contribution in [1.29, 1.82) is 0 Å². The smallest absolute Gasteiger partial charge is 0.191 e. The summed E-state index contributed by atoms with van der Waals surface area (Å²) in [6.45, 7) is 0. The zero-order chi connectivity index (χ0) is 14.6. The maximum Gasteiger partial charge on any atom is 0.191 e. The molecule has 0 aliphatic carbocycles. The van der Waals surface area contributed by atoms with Gasteiger partial charge in [-0.2, -0.15) is 0 Å². The van der Waals surface area contributed by atoms with Gasteiger partial charge in [0.1, 0.15) is 5.02 Å². The van der Waals surface area contributed by atoms with E-state index in [1.165, 1.54) is 0 Å². The van der Waals surface area contributed by atoms with Crippen LogP contribution in [0.3, 0.4) is 0 Å². The summed E-state index contributed by atoms with van der Waals surface area (Å²) in [5.74, 6) is 1.98. The van der Waals surface area contributed by atoms with Crippen LogP contribution < -0.4 is 9.47 Å². The third-order valence-electron chi connectivity index (χ3n) is 2.57. The van der Waals surface area contributed by atoms with Crippen LogP contribution in [-0.2, 0) is 0 Å². The number of hydrogen-bond donors (Lipinski definition) is 0. The van der Waals surface area contributed by atoms with Crippen molar-refractivity contribution in [1.82, 2.24) is 0 Å². The van der Waals surface area contributed by atoms with Crippen molar-refractivity contribution >= 4 is 86.9 Å². The van der Waals surface area contributed by atoms with E-state index in [-0.39, 0.29) is 0 Å². The van der Waals surface area contributed by atoms with E-state index in [4.69, 9.17) is 32.7 Å². The van der Waals surface area contributed by atoms with Crippen molar-refractivity contribution in [2.45, 2.75) is 0 Å². The minimum atomic E-state index is 0.356. The van der Waals surface area contributed by atoms with Gasteiger partial charge in [-0.3, -0.25) is 0 Å². The Morgan fingerprint density at radius 1 is 0.750 bits per heavy atom. The number of rotatable bonds is 0. The molecule has 0 N–H and O–H groups in total. The highest BCUT2D eigenvalue weighted by molar-refractivity contribution is 9.11. The van der Waals surface area contributed by atoms with Crippen LogP contribution in [0.1, 0.15) is 0 Å². The predicted molar refractivity (Wildman–Crippen MR) is 93.9 cm³/mol. The number of ether oxygens (including phenoxy) is 2. The molecule has 3 rings (SSSR count). The minimum absolute atomic E-state index is 0.356. The Kier molecular flexibility index (Phi) is 4.35. The highest BCUT2D eigenvalue weighted by Gasteiger charge is 2.29. The van der Waals surface area contributed by atoms with Gasteiger partial charge >= 0.3 is 0 Å². The van der Waals surface area contributed by atoms with E-state index < -0.39 is 0 Å². The number of benzene rings is 2. The Morgan fingerprint density at radius 2 is 1.45 bits per heavy atom. The van der Waals surface area contributed by atoms with Crippen molar-refractivity contribution < 1.29 is 9.47 Å². The molecule has 1 aliphatic rings. The zero-order valence-corrected chi connectivity index (χ0v) is 17.1. The fourth-order valence-corrected chi connectivity index (χ4v) is 4.52. The highest BCUT2D eigenvalue weighted by Crippen LogP contribution is 2.58. The molecule has 1 heterocycles. The van der Waals surface area contributed by atoms with Crippen molar-refractivity contribution in [2.75, 3.05) is 0 Å². The molecule has 2 nitrogen and oxygen atoms in total. The number of halogens is 6. The maximum absolute atomic E-state index is 6.25. The molecule has 0 aromatic heterocycles. The van der Waals surface area contributed by atoms with Crippen LogP contribution in [0, 0.1) is 0 Å². The van der Waals surface area contributed by atoms with E-state index in [0.29, 0.717) is 42.0 Å². The van der Waals surface area contributed by atoms with Gasteiger partial charge in [0.15, 0.2) is 23.0 Å². The van der Waals surface area contributed by atoms with Crippen LogP contribution in [0.25, 0.3) is 0 Å². The van der Waals surface area contributed by atoms with Crippen LogP contribution in [-0.4, -0.2) is 0 Å². The monoisotopic (exact) mass is 564 g/mol. The van der Waals surface area contributed by atoms with Gasteiger partial charge in [0.25, 0.3) is 0 Å². The lowest BCUT2D eigenvalue weighted by Gasteiger charge is -2.24. The Hall–Kier alpha value is 0.540. The summed E-state index contributed by atoms with van der Waals surface area (Å²) < 4.78 is 14.5. The molecule has 0 saturated carbocycles. The summed E-state index contributed by atoms with van der Waals surface area (Å²) in [5.41, 5.74) is 0. The third kappa shape index (κ3) is 2.42. The van der Waals surface area contributed by atoms with E-state index in [1.807, 2.05) is 6.07 Å². The molecule has 104 valence electrons. The molecular formula is C12H2Br4Cl2O2. The lowest BCUT2D eigenvalue weighted by atomic mass is 10.2. The topological polar surface area (TPSA) is 18.5 Å². The summed E-state index contributed by atoms with van der Waals surface area (Å²) in [5, 5.41) is 0.781. The third-order valence-corrected chi connectivity index (χ3v) is 6.59. The molecule has 0 unspecified atom stereocenters. The molecule has 20 heavy (non-hydrogen) atoms. The van der Waals surface area contributed by atoms with Gasteiger partial charge in [-0.25, -0.2) is 0 Å². The average molecular weight is 569 g/mol. The van der Waals surface area contributed by atoms with Gasteiger partial charge in [-0.1, -0.05) is 39.1 Å². The van der Waals surface area contributed by atoms with Crippen molar-refractivity contribution in [3.8, 4) is 23.0 Å². The Morgan fingerprint density at radius 3 is 2.15 bits per heavy atom. The normalized spacial score (nSPS) is 12.3. The molecule has 0 bridgehead atoms. The van der Waals surface area contributed by atoms with E-state index in [0.717, 1.165) is 8.95 Å². The largest absolute Gasteiger partial charge is 0.448 e. The molecule has 0 amide bonds. The highest BCUT2D eigenvalue weighted by atomic mass is 79.9. The summed E-state index contributed by atoms with van der Waals surface area (Å²) in [6.07, 6.45) is 0. The molecule has 2 aromatic carbocycles. The maximum atomic E-state index is 6.25. The molecule has 2 aromatic rings.